The standard InChI is InChI=1S/C22H32N4OS.HI/c1-4-23-22(25-12-21-9-10-28-16-21)24-11-19-5-7-20(8-6-19)15-26-13-17(2)27-18(3)14-26;/h5-10,16-18H,4,11-15H2,1-3H3,(H2,23,24,25);1H. The third-order valence-electron chi connectivity index (χ3n) is 4.73. The highest BCUT2D eigenvalue weighted by Gasteiger charge is 2.21. The summed E-state index contributed by atoms with van der Waals surface area (Å²) < 4.78 is 5.82. The van der Waals surface area contributed by atoms with Gasteiger partial charge in [-0.2, -0.15) is 11.3 Å². The van der Waals surface area contributed by atoms with Crippen molar-refractivity contribution in [2.24, 2.45) is 4.99 Å². The van der Waals surface area contributed by atoms with Gasteiger partial charge in [0.15, 0.2) is 5.96 Å². The normalized spacial score (nSPS) is 20.2. The van der Waals surface area contributed by atoms with E-state index in [1.54, 1.807) is 11.3 Å². The van der Waals surface area contributed by atoms with Crippen LogP contribution in [0, 0.1) is 0 Å². The summed E-state index contributed by atoms with van der Waals surface area (Å²) in [6.45, 7) is 11.7. The maximum atomic E-state index is 5.82. The summed E-state index contributed by atoms with van der Waals surface area (Å²) in [5.74, 6) is 0.856. The van der Waals surface area contributed by atoms with Gasteiger partial charge in [-0.15, -0.1) is 24.0 Å². The summed E-state index contributed by atoms with van der Waals surface area (Å²) >= 11 is 1.71. The summed E-state index contributed by atoms with van der Waals surface area (Å²) in [6, 6.07) is 11.0. The molecule has 29 heavy (non-hydrogen) atoms. The van der Waals surface area contributed by atoms with E-state index in [4.69, 9.17) is 4.74 Å². The van der Waals surface area contributed by atoms with Crippen LogP contribution in [0.2, 0.25) is 0 Å². The third kappa shape index (κ3) is 8.24. The van der Waals surface area contributed by atoms with Gasteiger partial charge in [-0.25, -0.2) is 4.99 Å². The molecule has 5 nitrogen and oxygen atoms in total. The minimum absolute atomic E-state index is 0. The lowest BCUT2D eigenvalue weighted by Gasteiger charge is -2.35. The molecular formula is C22H33IN4OS. The fraction of sp³-hybridized carbons (Fsp3) is 0.500. The maximum Gasteiger partial charge on any atom is 0.191 e. The van der Waals surface area contributed by atoms with Crippen LogP contribution in [0.25, 0.3) is 0 Å². The Morgan fingerprint density at radius 2 is 1.76 bits per heavy atom. The van der Waals surface area contributed by atoms with E-state index < -0.39 is 0 Å². The summed E-state index contributed by atoms with van der Waals surface area (Å²) in [5.41, 5.74) is 3.86. The second-order valence-electron chi connectivity index (χ2n) is 7.45. The molecule has 2 heterocycles. The Hall–Kier alpha value is -1.16. The van der Waals surface area contributed by atoms with Crippen molar-refractivity contribution in [3.05, 3.63) is 57.8 Å². The number of morpholine rings is 1. The van der Waals surface area contributed by atoms with Crippen LogP contribution in [0.4, 0.5) is 0 Å². The zero-order valence-electron chi connectivity index (χ0n) is 17.6. The Morgan fingerprint density at radius 3 is 2.38 bits per heavy atom. The largest absolute Gasteiger partial charge is 0.373 e. The first-order valence-electron chi connectivity index (χ1n) is 10.1. The van der Waals surface area contributed by atoms with Crippen molar-refractivity contribution in [1.82, 2.24) is 15.5 Å². The van der Waals surface area contributed by atoms with Gasteiger partial charge in [0.1, 0.15) is 0 Å². The number of nitrogens with zero attached hydrogens (tertiary/aromatic N) is 2. The zero-order valence-corrected chi connectivity index (χ0v) is 20.7. The van der Waals surface area contributed by atoms with Crippen molar-refractivity contribution < 1.29 is 4.74 Å². The first-order valence-corrected chi connectivity index (χ1v) is 11.1. The van der Waals surface area contributed by atoms with Gasteiger partial charge < -0.3 is 15.4 Å². The molecule has 2 aromatic rings. The molecule has 1 aliphatic heterocycles. The molecular weight excluding hydrogens is 495 g/mol. The Balaban J connectivity index is 0.00000300. The number of nitrogens with one attached hydrogen (secondary N) is 2. The molecule has 1 saturated heterocycles. The summed E-state index contributed by atoms with van der Waals surface area (Å²) in [5, 5.41) is 11.0. The number of halogens is 1. The van der Waals surface area contributed by atoms with Gasteiger partial charge in [0.25, 0.3) is 0 Å². The number of aliphatic imine (C=N–C) groups is 1. The first-order chi connectivity index (χ1) is 13.6. The van der Waals surface area contributed by atoms with Crippen LogP contribution in [0.1, 0.15) is 37.5 Å². The van der Waals surface area contributed by atoms with Crippen LogP contribution < -0.4 is 10.6 Å². The molecule has 2 atom stereocenters. The number of guanidine groups is 1. The monoisotopic (exact) mass is 528 g/mol. The Bertz CT molecular complexity index is 726. The van der Waals surface area contributed by atoms with E-state index in [0.29, 0.717) is 18.8 Å². The molecule has 0 saturated carbocycles. The minimum atomic E-state index is 0. The van der Waals surface area contributed by atoms with Gasteiger partial charge in [-0.05, 0) is 54.3 Å². The van der Waals surface area contributed by atoms with Gasteiger partial charge in [0.05, 0.1) is 18.8 Å². The highest BCUT2D eigenvalue weighted by Crippen LogP contribution is 2.15. The molecule has 7 heteroatoms. The van der Waals surface area contributed by atoms with Crippen molar-refractivity contribution in [3.63, 3.8) is 0 Å². The van der Waals surface area contributed by atoms with Crippen molar-refractivity contribution in [1.29, 1.82) is 0 Å². The van der Waals surface area contributed by atoms with Crippen molar-refractivity contribution in [2.45, 2.75) is 52.6 Å². The Kier molecular flexibility index (Phi) is 10.4. The summed E-state index contributed by atoms with van der Waals surface area (Å²) in [4.78, 5) is 7.14. The molecule has 0 aliphatic carbocycles. The number of hydrogen-bond acceptors (Lipinski definition) is 4. The lowest BCUT2D eigenvalue weighted by molar-refractivity contribution is -0.0704. The van der Waals surface area contributed by atoms with Gasteiger partial charge >= 0.3 is 0 Å². The molecule has 1 aliphatic rings. The smallest absolute Gasteiger partial charge is 0.191 e. The maximum absolute atomic E-state index is 5.82. The highest BCUT2D eigenvalue weighted by atomic mass is 127. The summed E-state index contributed by atoms with van der Waals surface area (Å²) in [7, 11) is 0. The molecule has 3 rings (SSSR count). The van der Waals surface area contributed by atoms with Crippen molar-refractivity contribution >= 4 is 41.3 Å². The number of ether oxygens (including phenoxy) is 1. The predicted octanol–water partition coefficient (Wildman–Crippen LogP) is 4.23. The van der Waals surface area contributed by atoms with E-state index in [1.165, 1.54) is 16.7 Å². The molecule has 0 amide bonds. The zero-order chi connectivity index (χ0) is 19.8. The molecule has 0 bridgehead atoms. The molecule has 160 valence electrons. The van der Waals surface area contributed by atoms with E-state index >= 15 is 0 Å². The third-order valence-corrected chi connectivity index (χ3v) is 5.46. The van der Waals surface area contributed by atoms with Crippen molar-refractivity contribution in [2.75, 3.05) is 19.6 Å². The first kappa shape index (κ1) is 24.1. The fourth-order valence-electron chi connectivity index (χ4n) is 3.51. The van der Waals surface area contributed by atoms with E-state index in [1.807, 2.05) is 0 Å². The van der Waals surface area contributed by atoms with Crippen LogP contribution in [-0.2, 0) is 24.4 Å². The average Bonchev–Trinajstić information content (AvgIpc) is 3.18. The topological polar surface area (TPSA) is 48.9 Å². The minimum Gasteiger partial charge on any atom is -0.373 e. The van der Waals surface area contributed by atoms with Crippen LogP contribution in [0.5, 0.6) is 0 Å². The number of benzene rings is 1. The number of hydrogen-bond donors (Lipinski definition) is 2. The second-order valence-corrected chi connectivity index (χ2v) is 8.23. The highest BCUT2D eigenvalue weighted by molar-refractivity contribution is 14.0. The molecule has 2 N–H and O–H groups in total. The van der Waals surface area contributed by atoms with Gasteiger partial charge in [-0.1, -0.05) is 24.3 Å². The Labute approximate surface area is 196 Å². The SMILES string of the molecule is CCNC(=NCc1ccsc1)NCc1ccc(CN2CC(C)OC(C)C2)cc1.I. The molecule has 0 spiro atoms. The Morgan fingerprint density at radius 1 is 1.07 bits per heavy atom. The summed E-state index contributed by atoms with van der Waals surface area (Å²) in [6.07, 6.45) is 0.621. The van der Waals surface area contributed by atoms with E-state index in [2.05, 4.69) is 82.4 Å². The average molecular weight is 529 g/mol. The molecule has 1 aromatic heterocycles. The van der Waals surface area contributed by atoms with Gasteiger partial charge in [0, 0.05) is 32.7 Å². The molecule has 0 radical (unpaired) electrons. The van der Waals surface area contributed by atoms with Crippen LogP contribution in [0.15, 0.2) is 46.1 Å². The molecule has 1 aromatic carbocycles. The van der Waals surface area contributed by atoms with E-state index in [9.17, 15) is 0 Å². The predicted molar refractivity (Wildman–Crippen MR) is 133 cm³/mol. The van der Waals surface area contributed by atoms with Crippen molar-refractivity contribution in [3.8, 4) is 0 Å². The van der Waals surface area contributed by atoms with Gasteiger partial charge in [0.2, 0.25) is 0 Å². The second kappa shape index (κ2) is 12.5. The number of thiophene rings is 1. The lowest BCUT2D eigenvalue weighted by atomic mass is 10.1. The number of rotatable bonds is 7. The molecule has 1 fully saturated rings. The van der Waals surface area contributed by atoms with Crippen LogP contribution in [0.3, 0.4) is 0 Å². The van der Waals surface area contributed by atoms with E-state index in [0.717, 1.165) is 38.7 Å². The van der Waals surface area contributed by atoms with Crippen LogP contribution >= 0.6 is 35.3 Å². The van der Waals surface area contributed by atoms with E-state index in [-0.39, 0.29) is 24.0 Å². The van der Waals surface area contributed by atoms with Gasteiger partial charge in [-0.3, -0.25) is 4.90 Å². The lowest BCUT2D eigenvalue weighted by Crippen LogP contribution is -2.44. The molecule has 2 unspecified atom stereocenters. The van der Waals surface area contributed by atoms with Crippen LogP contribution in [-0.4, -0.2) is 42.7 Å². The quantitative estimate of drug-likeness (QED) is 0.321. The fourth-order valence-corrected chi connectivity index (χ4v) is 4.17.